The molecular weight excluding hydrogens is 340 g/mol. The van der Waals surface area contributed by atoms with Gasteiger partial charge >= 0.3 is 0 Å². The van der Waals surface area contributed by atoms with Crippen molar-refractivity contribution in [2.45, 2.75) is 36.5 Å². The van der Waals surface area contributed by atoms with Crippen LogP contribution in [-0.4, -0.2) is 38.6 Å². The van der Waals surface area contributed by atoms with Gasteiger partial charge in [0.05, 0.1) is 18.2 Å². The highest BCUT2D eigenvalue weighted by Crippen LogP contribution is 2.26. The minimum Gasteiger partial charge on any atom is -0.497 e. The molecule has 0 aliphatic heterocycles. The third-order valence-corrected chi connectivity index (χ3v) is 5.66. The zero-order valence-electron chi connectivity index (χ0n) is 14.8. The summed E-state index contributed by atoms with van der Waals surface area (Å²) in [5.41, 5.74) is 5.94. The molecule has 0 aliphatic carbocycles. The number of hydrogen-bond donors (Lipinski definition) is 1. The Bertz CT molecular complexity index is 807. The van der Waals surface area contributed by atoms with Crippen LogP contribution in [0.1, 0.15) is 26.7 Å². The summed E-state index contributed by atoms with van der Waals surface area (Å²) in [7, 11) is -2.26. The lowest BCUT2D eigenvalue weighted by Crippen LogP contribution is -2.26. The Morgan fingerprint density at radius 3 is 2.40 bits per heavy atom. The molecule has 8 heteroatoms. The molecule has 2 rings (SSSR count). The number of aromatic nitrogens is 2. The molecule has 1 heterocycles. The van der Waals surface area contributed by atoms with E-state index in [1.54, 1.807) is 12.1 Å². The van der Waals surface area contributed by atoms with Crippen LogP contribution >= 0.6 is 0 Å². The molecule has 2 N–H and O–H groups in total. The molecular formula is C17H24N4O3S. The number of nitrogens with zero attached hydrogens (tertiary/aromatic N) is 3. The van der Waals surface area contributed by atoms with E-state index in [2.05, 4.69) is 16.9 Å². The van der Waals surface area contributed by atoms with E-state index in [1.807, 2.05) is 11.8 Å². The second-order valence-corrected chi connectivity index (χ2v) is 7.45. The highest BCUT2D eigenvalue weighted by Gasteiger charge is 2.23. The van der Waals surface area contributed by atoms with Crippen LogP contribution < -0.4 is 15.4 Å². The van der Waals surface area contributed by atoms with Crippen LogP contribution in [0.2, 0.25) is 0 Å². The molecule has 0 aliphatic rings. The summed E-state index contributed by atoms with van der Waals surface area (Å²) in [6, 6.07) is 6.12. The first-order valence-corrected chi connectivity index (χ1v) is 9.69. The van der Waals surface area contributed by atoms with E-state index in [0.29, 0.717) is 11.7 Å². The third kappa shape index (κ3) is 4.19. The zero-order chi connectivity index (χ0) is 18.4. The van der Waals surface area contributed by atoms with Gasteiger partial charge in [-0.3, -0.25) is 0 Å². The Morgan fingerprint density at radius 2 is 1.88 bits per heavy atom. The number of rotatable bonds is 8. The van der Waals surface area contributed by atoms with E-state index in [9.17, 15) is 8.42 Å². The van der Waals surface area contributed by atoms with Crippen LogP contribution in [0.4, 0.5) is 11.8 Å². The lowest BCUT2D eigenvalue weighted by atomic mass is 10.3. The van der Waals surface area contributed by atoms with Crippen molar-refractivity contribution in [2.24, 2.45) is 0 Å². The van der Waals surface area contributed by atoms with Gasteiger partial charge in [-0.05, 0) is 37.6 Å². The van der Waals surface area contributed by atoms with Crippen molar-refractivity contribution in [3.05, 3.63) is 30.5 Å². The number of hydrogen-bond acceptors (Lipinski definition) is 7. The lowest BCUT2D eigenvalue weighted by molar-refractivity contribution is 0.414. The number of benzene rings is 1. The van der Waals surface area contributed by atoms with Crippen molar-refractivity contribution in [3.8, 4) is 5.75 Å². The van der Waals surface area contributed by atoms with Gasteiger partial charge in [-0.1, -0.05) is 13.3 Å². The number of nitrogen functional groups attached to an aromatic ring is 1. The largest absolute Gasteiger partial charge is 0.497 e. The molecule has 0 amide bonds. The smallest absolute Gasteiger partial charge is 0.227 e. The topological polar surface area (TPSA) is 98.4 Å². The standard InChI is InChI=1S/C17H24N4O3S/c1-4-6-11-21(5-2)17-19-12-15(16(18)20-17)25(22,23)14-9-7-13(24-3)8-10-14/h7-10,12H,4-6,11H2,1-3H3,(H2,18,19,20). The summed E-state index contributed by atoms with van der Waals surface area (Å²) in [6.45, 7) is 5.63. The van der Waals surface area contributed by atoms with Gasteiger partial charge in [0.15, 0.2) is 0 Å². The van der Waals surface area contributed by atoms with Gasteiger partial charge in [-0.25, -0.2) is 13.4 Å². The highest BCUT2D eigenvalue weighted by molar-refractivity contribution is 7.91. The third-order valence-electron chi connectivity index (χ3n) is 3.88. The Morgan fingerprint density at radius 1 is 1.20 bits per heavy atom. The number of ether oxygens (including phenoxy) is 1. The van der Waals surface area contributed by atoms with Gasteiger partial charge < -0.3 is 15.4 Å². The molecule has 0 saturated heterocycles. The molecule has 0 unspecified atom stereocenters. The van der Waals surface area contributed by atoms with Crippen molar-refractivity contribution >= 4 is 21.6 Å². The Labute approximate surface area is 148 Å². The van der Waals surface area contributed by atoms with Crippen molar-refractivity contribution in [2.75, 3.05) is 30.8 Å². The van der Waals surface area contributed by atoms with Crippen LogP contribution in [0.3, 0.4) is 0 Å². The van der Waals surface area contributed by atoms with E-state index < -0.39 is 9.84 Å². The van der Waals surface area contributed by atoms with E-state index in [4.69, 9.17) is 10.5 Å². The zero-order valence-corrected chi connectivity index (χ0v) is 15.6. The second kappa shape index (κ2) is 8.15. The quantitative estimate of drug-likeness (QED) is 0.768. The first-order chi connectivity index (χ1) is 11.9. The summed E-state index contributed by atoms with van der Waals surface area (Å²) in [4.78, 5) is 10.4. The second-order valence-electron chi connectivity index (χ2n) is 5.53. The fourth-order valence-corrected chi connectivity index (χ4v) is 3.62. The molecule has 136 valence electrons. The summed E-state index contributed by atoms with van der Waals surface area (Å²) in [5, 5.41) is 0. The van der Waals surface area contributed by atoms with E-state index in [1.165, 1.54) is 25.4 Å². The number of sulfone groups is 1. The molecule has 0 spiro atoms. The fourth-order valence-electron chi connectivity index (χ4n) is 2.36. The summed E-state index contributed by atoms with van der Waals surface area (Å²) in [5.74, 6) is 0.978. The van der Waals surface area contributed by atoms with Crippen molar-refractivity contribution in [1.29, 1.82) is 0 Å². The van der Waals surface area contributed by atoms with Crippen LogP contribution in [-0.2, 0) is 9.84 Å². The average Bonchev–Trinajstić information content (AvgIpc) is 2.62. The van der Waals surface area contributed by atoms with E-state index >= 15 is 0 Å². The van der Waals surface area contributed by atoms with Crippen molar-refractivity contribution in [3.63, 3.8) is 0 Å². The van der Waals surface area contributed by atoms with Gasteiger partial charge in [0.2, 0.25) is 15.8 Å². The predicted octanol–water partition coefficient (Wildman–Crippen LogP) is 2.53. The normalized spacial score (nSPS) is 11.3. The molecule has 0 fully saturated rings. The molecule has 1 aromatic carbocycles. The van der Waals surface area contributed by atoms with E-state index in [-0.39, 0.29) is 15.6 Å². The van der Waals surface area contributed by atoms with Crippen LogP contribution in [0.15, 0.2) is 40.3 Å². The monoisotopic (exact) mass is 364 g/mol. The number of unbranched alkanes of at least 4 members (excludes halogenated alkanes) is 1. The average molecular weight is 364 g/mol. The number of methoxy groups -OCH3 is 1. The van der Waals surface area contributed by atoms with Crippen molar-refractivity contribution in [1.82, 2.24) is 9.97 Å². The summed E-state index contributed by atoms with van der Waals surface area (Å²) in [6.07, 6.45) is 3.34. The van der Waals surface area contributed by atoms with Crippen LogP contribution in [0, 0.1) is 0 Å². The molecule has 0 atom stereocenters. The van der Waals surface area contributed by atoms with E-state index in [0.717, 1.165) is 25.9 Å². The first kappa shape index (κ1) is 19.0. The van der Waals surface area contributed by atoms with Gasteiger partial charge in [-0.15, -0.1) is 0 Å². The van der Waals surface area contributed by atoms with Crippen LogP contribution in [0.25, 0.3) is 0 Å². The van der Waals surface area contributed by atoms with Gasteiger partial charge in [0.1, 0.15) is 16.5 Å². The lowest BCUT2D eigenvalue weighted by Gasteiger charge is -2.21. The first-order valence-electron chi connectivity index (χ1n) is 8.20. The molecule has 0 bridgehead atoms. The van der Waals surface area contributed by atoms with Gasteiger partial charge in [-0.2, -0.15) is 4.98 Å². The highest BCUT2D eigenvalue weighted by atomic mass is 32.2. The fraction of sp³-hybridized carbons (Fsp3) is 0.412. The Hall–Kier alpha value is -2.35. The molecule has 25 heavy (non-hydrogen) atoms. The van der Waals surface area contributed by atoms with Gasteiger partial charge in [0, 0.05) is 13.1 Å². The van der Waals surface area contributed by atoms with Crippen molar-refractivity contribution < 1.29 is 13.2 Å². The SMILES string of the molecule is CCCCN(CC)c1ncc(S(=O)(=O)c2ccc(OC)cc2)c(N)n1. The maximum absolute atomic E-state index is 12.8. The summed E-state index contributed by atoms with van der Waals surface area (Å²) < 4.78 is 30.6. The maximum Gasteiger partial charge on any atom is 0.227 e. The molecule has 0 radical (unpaired) electrons. The Balaban J connectivity index is 2.35. The minimum atomic E-state index is -3.78. The Kier molecular flexibility index (Phi) is 6.19. The molecule has 0 saturated carbocycles. The maximum atomic E-state index is 12.8. The summed E-state index contributed by atoms with van der Waals surface area (Å²) >= 11 is 0. The van der Waals surface area contributed by atoms with Crippen LogP contribution in [0.5, 0.6) is 5.75 Å². The number of anilines is 2. The molecule has 7 nitrogen and oxygen atoms in total. The number of nitrogens with two attached hydrogens (primary N) is 1. The van der Waals surface area contributed by atoms with Gasteiger partial charge in [0.25, 0.3) is 0 Å². The predicted molar refractivity (Wildman–Crippen MR) is 97.7 cm³/mol. The minimum absolute atomic E-state index is 0.0456. The molecule has 2 aromatic rings. The molecule has 1 aromatic heterocycles.